The maximum Gasteiger partial charge on any atom is 0.191 e. The van der Waals surface area contributed by atoms with Gasteiger partial charge < -0.3 is 15.2 Å². The molecule has 7 heteroatoms. The summed E-state index contributed by atoms with van der Waals surface area (Å²) in [7, 11) is 1.82. The molecular weight excluding hydrogens is 429 g/mol. The number of aliphatic imine (C=N–C) groups is 1. The van der Waals surface area contributed by atoms with Crippen LogP contribution >= 0.6 is 24.0 Å². The summed E-state index contributed by atoms with van der Waals surface area (Å²) in [5, 5.41) is 11.0. The standard InChI is InChI=1S/C18H31N5O.HI/c1-13(2)17-10-16(24-22-17)11-20-18(19-3)21-14-8-9-23(12-14)15-6-4-5-7-15;/h10,13-15H,4-9,11-12H2,1-3H3,(H2,19,20,21);1H. The van der Waals surface area contributed by atoms with Gasteiger partial charge in [-0.05, 0) is 25.2 Å². The highest BCUT2D eigenvalue weighted by atomic mass is 127. The van der Waals surface area contributed by atoms with Crippen molar-refractivity contribution in [3.8, 4) is 0 Å². The molecule has 25 heavy (non-hydrogen) atoms. The van der Waals surface area contributed by atoms with Gasteiger partial charge in [-0.2, -0.15) is 0 Å². The topological polar surface area (TPSA) is 65.7 Å². The van der Waals surface area contributed by atoms with Crippen molar-refractivity contribution in [3.05, 3.63) is 17.5 Å². The summed E-state index contributed by atoms with van der Waals surface area (Å²) in [6.45, 7) is 7.18. The Kier molecular flexibility index (Phi) is 7.99. The predicted octanol–water partition coefficient (Wildman–Crippen LogP) is 3.10. The Balaban J connectivity index is 0.00000225. The van der Waals surface area contributed by atoms with E-state index in [0.717, 1.165) is 30.0 Å². The smallest absolute Gasteiger partial charge is 0.191 e. The number of hydrogen-bond donors (Lipinski definition) is 2. The van der Waals surface area contributed by atoms with Crippen LogP contribution in [0.4, 0.5) is 0 Å². The molecule has 0 radical (unpaired) electrons. The van der Waals surface area contributed by atoms with E-state index in [-0.39, 0.29) is 24.0 Å². The molecule has 0 amide bonds. The molecular formula is C18H32IN5O. The molecule has 1 aromatic heterocycles. The van der Waals surface area contributed by atoms with Gasteiger partial charge in [0.2, 0.25) is 0 Å². The van der Waals surface area contributed by atoms with E-state index < -0.39 is 0 Å². The zero-order chi connectivity index (χ0) is 16.9. The minimum absolute atomic E-state index is 0. The molecule has 3 rings (SSSR count). The number of guanidine groups is 1. The molecule has 2 N–H and O–H groups in total. The molecule has 0 bridgehead atoms. The highest BCUT2D eigenvalue weighted by Gasteiger charge is 2.30. The summed E-state index contributed by atoms with van der Waals surface area (Å²) >= 11 is 0. The number of nitrogens with zero attached hydrogens (tertiary/aromatic N) is 3. The van der Waals surface area contributed by atoms with Crippen LogP contribution in [0, 0.1) is 0 Å². The molecule has 2 heterocycles. The first kappa shape index (κ1) is 20.5. The summed E-state index contributed by atoms with van der Waals surface area (Å²) in [5.41, 5.74) is 0.998. The normalized spacial score (nSPS) is 22.4. The fourth-order valence-corrected chi connectivity index (χ4v) is 3.75. The number of aromatic nitrogens is 1. The molecule has 6 nitrogen and oxygen atoms in total. The third-order valence-electron chi connectivity index (χ3n) is 5.22. The van der Waals surface area contributed by atoms with Gasteiger partial charge in [-0.1, -0.05) is 31.8 Å². The highest BCUT2D eigenvalue weighted by Crippen LogP contribution is 2.26. The average Bonchev–Trinajstić information content (AvgIpc) is 3.31. The first-order valence-electron chi connectivity index (χ1n) is 9.32. The van der Waals surface area contributed by atoms with Gasteiger partial charge in [-0.15, -0.1) is 24.0 Å². The van der Waals surface area contributed by atoms with E-state index in [1.165, 1.54) is 38.6 Å². The Hall–Kier alpha value is -0.830. The molecule has 0 spiro atoms. The Morgan fingerprint density at radius 3 is 2.76 bits per heavy atom. The van der Waals surface area contributed by atoms with Crippen molar-refractivity contribution >= 4 is 29.9 Å². The molecule has 2 fully saturated rings. The van der Waals surface area contributed by atoms with Crippen molar-refractivity contribution in [3.63, 3.8) is 0 Å². The minimum Gasteiger partial charge on any atom is -0.359 e. The summed E-state index contributed by atoms with van der Waals surface area (Å²) < 4.78 is 5.37. The first-order valence-corrected chi connectivity index (χ1v) is 9.32. The predicted molar refractivity (Wildman–Crippen MR) is 112 cm³/mol. The van der Waals surface area contributed by atoms with Crippen LogP contribution in [0.5, 0.6) is 0 Å². The van der Waals surface area contributed by atoms with Crippen LogP contribution in [0.1, 0.15) is 63.3 Å². The van der Waals surface area contributed by atoms with Crippen molar-refractivity contribution < 1.29 is 4.52 Å². The Morgan fingerprint density at radius 1 is 1.36 bits per heavy atom. The van der Waals surface area contributed by atoms with Gasteiger partial charge in [0.25, 0.3) is 0 Å². The molecule has 1 aliphatic carbocycles. The lowest BCUT2D eigenvalue weighted by Crippen LogP contribution is -2.45. The molecule has 2 aliphatic rings. The van der Waals surface area contributed by atoms with Gasteiger partial charge in [0, 0.05) is 38.3 Å². The highest BCUT2D eigenvalue weighted by molar-refractivity contribution is 14.0. The number of nitrogens with one attached hydrogen (secondary N) is 2. The van der Waals surface area contributed by atoms with Crippen molar-refractivity contribution in [2.75, 3.05) is 20.1 Å². The van der Waals surface area contributed by atoms with Gasteiger partial charge in [0.15, 0.2) is 11.7 Å². The summed E-state index contributed by atoms with van der Waals surface area (Å²) in [6.07, 6.45) is 6.75. The molecule has 1 atom stereocenters. The van der Waals surface area contributed by atoms with Gasteiger partial charge in [-0.25, -0.2) is 0 Å². The number of likely N-dealkylation sites (tertiary alicyclic amines) is 1. The monoisotopic (exact) mass is 461 g/mol. The van der Waals surface area contributed by atoms with Gasteiger partial charge in [0.05, 0.1) is 12.2 Å². The molecule has 142 valence electrons. The summed E-state index contributed by atoms with van der Waals surface area (Å²) in [5.74, 6) is 2.08. The van der Waals surface area contributed by atoms with Crippen LogP contribution in [-0.4, -0.2) is 48.2 Å². The fourth-order valence-electron chi connectivity index (χ4n) is 3.75. The largest absolute Gasteiger partial charge is 0.359 e. The average molecular weight is 461 g/mol. The lowest BCUT2D eigenvalue weighted by molar-refractivity contribution is 0.242. The van der Waals surface area contributed by atoms with E-state index in [2.05, 4.69) is 39.5 Å². The molecule has 1 saturated heterocycles. The second-order valence-electron chi connectivity index (χ2n) is 7.36. The third-order valence-corrected chi connectivity index (χ3v) is 5.22. The van der Waals surface area contributed by atoms with Crippen LogP contribution in [0.3, 0.4) is 0 Å². The quantitative estimate of drug-likeness (QED) is 0.401. The SMILES string of the molecule is CN=C(NCc1cc(C(C)C)no1)NC1CCN(C2CCCC2)C1.I. The lowest BCUT2D eigenvalue weighted by atomic mass is 10.1. The van der Waals surface area contributed by atoms with Gasteiger partial charge >= 0.3 is 0 Å². The van der Waals surface area contributed by atoms with Crippen molar-refractivity contribution in [2.24, 2.45) is 4.99 Å². The van der Waals surface area contributed by atoms with E-state index in [1.807, 2.05) is 13.1 Å². The van der Waals surface area contributed by atoms with E-state index in [1.54, 1.807) is 0 Å². The van der Waals surface area contributed by atoms with Crippen LogP contribution < -0.4 is 10.6 Å². The van der Waals surface area contributed by atoms with E-state index in [9.17, 15) is 0 Å². The number of halogens is 1. The lowest BCUT2D eigenvalue weighted by Gasteiger charge is -2.24. The molecule has 1 saturated carbocycles. The second kappa shape index (κ2) is 9.75. The zero-order valence-corrected chi connectivity index (χ0v) is 18.0. The van der Waals surface area contributed by atoms with Gasteiger partial charge in [-0.3, -0.25) is 9.89 Å². The molecule has 0 aromatic carbocycles. The third kappa shape index (κ3) is 5.57. The molecule has 1 aliphatic heterocycles. The van der Waals surface area contributed by atoms with E-state index in [0.29, 0.717) is 18.5 Å². The van der Waals surface area contributed by atoms with Gasteiger partial charge in [0.1, 0.15) is 0 Å². The van der Waals surface area contributed by atoms with E-state index >= 15 is 0 Å². The van der Waals surface area contributed by atoms with Crippen LogP contribution in [-0.2, 0) is 6.54 Å². The van der Waals surface area contributed by atoms with Crippen molar-refractivity contribution in [1.82, 2.24) is 20.7 Å². The van der Waals surface area contributed by atoms with Crippen molar-refractivity contribution in [1.29, 1.82) is 0 Å². The Bertz CT molecular complexity index is 553. The van der Waals surface area contributed by atoms with Crippen LogP contribution in [0.15, 0.2) is 15.6 Å². The Morgan fingerprint density at radius 2 is 2.12 bits per heavy atom. The number of hydrogen-bond acceptors (Lipinski definition) is 4. The van der Waals surface area contributed by atoms with E-state index in [4.69, 9.17) is 4.52 Å². The first-order chi connectivity index (χ1) is 11.7. The maximum absolute atomic E-state index is 5.37. The number of rotatable bonds is 5. The van der Waals surface area contributed by atoms with Crippen molar-refractivity contribution in [2.45, 2.75) is 70.5 Å². The van der Waals surface area contributed by atoms with Crippen LogP contribution in [0.2, 0.25) is 0 Å². The van der Waals surface area contributed by atoms with Crippen LogP contribution in [0.25, 0.3) is 0 Å². The fraction of sp³-hybridized carbons (Fsp3) is 0.778. The zero-order valence-electron chi connectivity index (χ0n) is 15.6. The Labute approximate surface area is 168 Å². The summed E-state index contributed by atoms with van der Waals surface area (Å²) in [4.78, 5) is 7.00. The molecule has 1 aromatic rings. The summed E-state index contributed by atoms with van der Waals surface area (Å²) in [6, 6.07) is 3.32. The minimum atomic E-state index is 0. The maximum atomic E-state index is 5.37. The second-order valence-corrected chi connectivity index (χ2v) is 7.36. The molecule has 1 unspecified atom stereocenters.